The van der Waals surface area contributed by atoms with Crippen LogP contribution >= 0.6 is 0 Å². The SMILES string of the molecule is CCCCC/C=C\C/C=C\CCCCCCCC(CC(=O)NC(CO)C(O)CCCCCCCCCCCCCCCC)OC(=O)CCCCCCC/C=C/CCCCCCCCC. The van der Waals surface area contributed by atoms with Gasteiger partial charge in [-0.05, 0) is 83.5 Å². The van der Waals surface area contributed by atoms with E-state index >= 15 is 0 Å². The van der Waals surface area contributed by atoms with Gasteiger partial charge in [-0.25, -0.2) is 0 Å². The number of unbranched alkanes of at least 4 members (excludes halogenated alkanes) is 33. The van der Waals surface area contributed by atoms with Crippen molar-refractivity contribution in [3.05, 3.63) is 36.5 Å². The molecule has 0 aliphatic heterocycles. The number of esters is 1. The van der Waals surface area contributed by atoms with Crippen LogP contribution in [0.25, 0.3) is 0 Å². The first-order valence-corrected chi connectivity index (χ1v) is 28.2. The Hall–Kier alpha value is -1.92. The van der Waals surface area contributed by atoms with Gasteiger partial charge in [0.25, 0.3) is 0 Å². The molecule has 64 heavy (non-hydrogen) atoms. The van der Waals surface area contributed by atoms with Crippen molar-refractivity contribution in [3.63, 3.8) is 0 Å². The van der Waals surface area contributed by atoms with E-state index in [0.717, 1.165) is 77.0 Å². The van der Waals surface area contributed by atoms with Crippen molar-refractivity contribution in [3.8, 4) is 0 Å². The Morgan fingerprint density at radius 2 is 0.797 bits per heavy atom. The molecule has 0 aliphatic carbocycles. The first-order valence-electron chi connectivity index (χ1n) is 28.2. The fourth-order valence-electron chi connectivity index (χ4n) is 8.63. The van der Waals surface area contributed by atoms with E-state index in [-0.39, 0.29) is 24.9 Å². The summed E-state index contributed by atoms with van der Waals surface area (Å²) in [6.07, 6.45) is 62.0. The number of carbonyl (C=O) groups is 2. The molecule has 0 heterocycles. The van der Waals surface area contributed by atoms with Crippen LogP contribution in [-0.4, -0.2) is 46.9 Å². The Morgan fingerprint density at radius 3 is 1.23 bits per heavy atom. The first-order chi connectivity index (χ1) is 31.5. The minimum atomic E-state index is -0.792. The number of aliphatic hydroxyl groups is 2. The molecule has 0 aromatic carbocycles. The van der Waals surface area contributed by atoms with Gasteiger partial charge in [-0.1, -0.05) is 237 Å². The highest BCUT2D eigenvalue weighted by Gasteiger charge is 2.24. The summed E-state index contributed by atoms with van der Waals surface area (Å²) in [4.78, 5) is 26.2. The van der Waals surface area contributed by atoms with Gasteiger partial charge in [0.1, 0.15) is 6.10 Å². The summed E-state index contributed by atoms with van der Waals surface area (Å²) in [6, 6.07) is -0.706. The third kappa shape index (κ3) is 46.6. The van der Waals surface area contributed by atoms with Crippen molar-refractivity contribution < 1.29 is 24.5 Å². The topological polar surface area (TPSA) is 95.9 Å². The van der Waals surface area contributed by atoms with Crippen molar-refractivity contribution in [1.29, 1.82) is 0 Å². The number of amides is 1. The average Bonchev–Trinajstić information content (AvgIpc) is 3.29. The molecule has 376 valence electrons. The van der Waals surface area contributed by atoms with Crippen molar-refractivity contribution >= 4 is 11.9 Å². The summed E-state index contributed by atoms with van der Waals surface area (Å²) >= 11 is 0. The zero-order chi connectivity index (χ0) is 46.7. The Balaban J connectivity index is 4.58. The molecule has 0 fully saturated rings. The molecule has 6 heteroatoms. The maximum Gasteiger partial charge on any atom is 0.306 e. The molecule has 0 spiro atoms. The minimum Gasteiger partial charge on any atom is -0.462 e. The lowest BCUT2D eigenvalue weighted by Gasteiger charge is -2.24. The maximum atomic E-state index is 13.2. The second-order valence-corrected chi connectivity index (χ2v) is 19.3. The predicted octanol–water partition coefficient (Wildman–Crippen LogP) is 17.2. The van der Waals surface area contributed by atoms with E-state index < -0.39 is 18.2 Å². The van der Waals surface area contributed by atoms with Crippen LogP contribution in [0.5, 0.6) is 0 Å². The van der Waals surface area contributed by atoms with Gasteiger partial charge in [0.15, 0.2) is 0 Å². The highest BCUT2D eigenvalue weighted by atomic mass is 16.5. The van der Waals surface area contributed by atoms with Crippen molar-refractivity contribution in [2.75, 3.05) is 6.61 Å². The van der Waals surface area contributed by atoms with Crippen LogP contribution in [0.4, 0.5) is 0 Å². The lowest BCUT2D eigenvalue weighted by molar-refractivity contribution is -0.151. The maximum absolute atomic E-state index is 13.2. The lowest BCUT2D eigenvalue weighted by Crippen LogP contribution is -2.46. The van der Waals surface area contributed by atoms with Crippen LogP contribution in [0, 0.1) is 0 Å². The smallest absolute Gasteiger partial charge is 0.306 e. The molecule has 0 saturated heterocycles. The van der Waals surface area contributed by atoms with E-state index in [1.165, 1.54) is 173 Å². The van der Waals surface area contributed by atoms with E-state index in [2.05, 4.69) is 62.5 Å². The Bertz CT molecular complexity index is 1060. The summed E-state index contributed by atoms with van der Waals surface area (Å²) in [5.74, 6) is -0.485. The fraction of sp³-hybridized carbons (Fsp3) is 0.862. The molecule has 3 atom stereocenters. The summed E-state index contributed by atoms with van der Waals surface area (Å²) in [6.45, 7) is 6.48. The second kappa shape index (κ2) is 52.1. The zero-order valence-electron chi connectivity index (χ0n) is 42.9. The van der Waals surface area contributed by atoms with E-state index in [4.69, 9.17) is 4.74 Å². The van der Waals surface area contributed by atoms with E-state index in [1.807, 2.05) is 0 Å². The monoisotopic (exact) mass is 900 g/mol. The second-order valence-electron chi connectivity index (χ2n) is 19.3. The highest BCUT2D eigenvalue weighted by molar-refractivity contribution is 5.77. The van der Waals surface area contributed by atoms with Gasteiger partial charge < -0.3 is 20.3 Å². The molecule has 0 saturated carbocycles. The van der Waals surface area contributed by atoms with Gasteiger partial charge >= 0.3 is 5.97 Å². The van der Waals surface area contributed by atoms with Crippen LogP contribution in [0.3, 0.4) is 0 Å². The summed E-state index contributed by atoms with van der Waals surface area (Å²) in [5.41, 5.74) is 0. The third-order valence-electron chi connectivity index (χ3n) is 12.9. The predicted molar refractivity (Wildman–Crippen MR) is 278 cm³/mol. The van der Waals surface area contributed by atoms with Gasteiger partial charge in [-0.15, -0.1) is 0 Å². The summed E-state index contributed by atoms with van der Waals surface area (Å²) in [5, 5.41) is 23.8. The molecular formula is C58H109NO5. The van der Waals surface area contributed by atoms with Gasteiger partial charge in [-0.2, -0.15) is 0 Å². The van der Waals surface area contributed by atoms with Crippen LogP contribution < -0.4 is 5.32 Å². The number of ether oxygens (including phenoxy) is 1. The number of aliphatic hydroxyl groups excluding tert-OH is 2. The van der Waals surface area contributed by atoms with E-state index in [1.54, 1.807) is 0 Å². The standard InChI is InChI=1S/C58H109NO5/c1-4-7-10-13-16-19-22-25-28-30-33-36-39-42-45-48-51-58(63)64-54(49-46-43-40-37-34-31-29-26-23-20-17-14-11-8-5-2)52-57(62)59-55(53-60)56(61)50-47-44-41-38-35-32-27-24-21-18-15-12-9-6-3/h17,20,26,28-30,54-56,60-61H,4-16,18-19,21-25,27,31-53H2,1-3H3,(H,59,62)/b20-17-,29-26-,30-28+. The van der Waals surface area contributed by atoms with Crippen LogP contribution in [0.15, 0.2) is 36.5 Å². The molecular weight excluding hydrogens is 791 g/mol. The van der Waals surface area contributed by atoms with Gasteiger partial charge in [-0.3, -0.25) is 9.59 Å². The molecule has 3 N–H and O–H groups in total. The zero-order valence-corrected chi connectivity index (χ0v) is 42.9. The molecule has 0 aliphatic rings. The Morgan fingerprint density at radius 1 is 0.453 bits per heavy atom. The van der Waals surface area contributed by atoms with Crippen molar-refractivity contribution in [1.82, 2.24) is 5.32 Å². The minimum absolute atomic E-state index is 0.0676. The molecule has 0 aromatic heterocycles. The number of carbonyl (C=O) groups excluding carboxylic acids is 2. The number of hydrogen-bond donors (Lipinski definition) is 3. The summed E-state index contributed by atoms with van der Waals surface area (Å²) in [7, 11) is 0. The van der Waals surface area contributed by atoms with Gasteiger partial charge in [0, 0.05) is 6.42 Å². The third-order valence-corrected chi connectivity index (χ3v) is 12.9. The van der Waals surface area contributed by atoms with E-state index in [0.29, 0.717) is 19.3 Å². The molecule has 0 rings (SSSR count). The number of hydrogen-bond acceptors (Lipinski definition) is 5. The van der Waals surface area contributed by atoms with E-state index in [9.17, 15) is 19.8 Å². The molecule has 1 amide bonds. The fourth-order valence-corrected chi connectivity index (χ4v) is 8.63. The van der Waals surface area contributed by atoms with Crippen molar-refractivity contribution in [2.24, 2.45) is 0 Å². The average molecular weight is 901 g/mol. The molecule has 6 nitrogen and oxygen atoms in total. The number of allylic oxidation sites excluding steroid dienone is 6. The van der Waals surface area contributed by atoms with Crippen LogP contribution in [0.2, 0.25) is 0 Å². The lowest BCUT2D eigenvalue weighted by atomic mass is 10.0. The highest BCUT2D eigenvalue weighted by Crippen LogP contribution is 2.18. The molecule has 0 aromatic rings. The molecule has 3 unspecified atom stereocenters. The largest absolute Gasteiger partial charge is 0.462 e. The van der Waals surface area contributed by atoms with Crippen LogP contribution in [0.1, 0.15) is 297 Å². The van der Waals surface area contributed by atoms with Crippen molar-refractivity contribution in [2.45, 2.75) is 315 Å². The van der Waals surface area contributed by atoms with Gasteiger partial charge in [0.05, 0.1) is 25.2 Å². The molecule has 0 bridgehead atoms. The number of rotatable bonds is 51. The normalized spacial score (nSPS) is 13.4. The summed E-state index contributed by atoms with van der Waals surface area (Å²) < 4.78 is 5.95. The molecule has 0 radical (unpaired) electrons. The first kappa shape index (κ1) is 62.1. The Labute approximate surface area is 398 Å². The van der Waals surface area contributed by atoms with Gasteiger partial charge in [0.2, 0.25) is 5.91 Å². The quantitative estimate of drug-likeness (QED) is 0.0321. The van der Waals surface area contributed by atoms with Crippen LogP contribution in [-0.2, 0) is 14.3 Å². The number of nitrogens with one attached hydrogen (secondary N) is 1. The Kier molecular flexibility index (Phi) is 50.5.